The van der Waals surface area contributed by atoms with Crippen LogP contribution in [0.25, 0.3) is 0 Å². The molecule has 1 atom stereocenters. The monoisotopic (exact) mass is 267 g/mol. The van der Waals surface area contributed by atoms with E-state index >= 15 is 0 Å². The summed E-state index contributed by atoms with van der Waals surface area (Å²) >= 11 is 0. The Morgan fingerprint density at radius 2 is 2.16 bits per heavy atom. The van der Waals surface area contributed by atoms with Crippen molar-refractivity contribution in [1.29, 1.82) is 0 Å². The van der Waals surface area contributed by atoms with Crippen LogP contribution in [-0.4, -0.2) is 48.2 Å². The highest BCUT2D eigenvalue weighted by atomic mass is 16.5. The van der Waals surface area contributed by atoms with Crippen molar-refractivity contribution in [1.82, 2.24) is 14.9 Å². The summed E-state index contributed by atoms with van der Waals surface area (Å²) in [5, 5.41) is 3.30. The van der Waals surface area contributed by atoms with Gasteiger partial charge in [-0.05, 0) is 40.4 Å². The molecule has 108 valence electrons. The van der Waals surface area contributed by atoms with Crippen molar-refractivity contribution in [2.24, 2.45) is 0 Å². The van der Waals surface area contributed by atoms with Crippen molar-refractivity contribution < 1.29 is 4.74 Å². The van der Waals surface area contributed by atoms with Gasteiger partial charge in [-0.25, -0.2) is 4.98 Å². The molecular weight excluding hydrogens is 242 g/mol. The zero-order chi connectivity index (χ0) is 14.3. The van der Waals surface area contributed by atoms with Crippen LogP contribution in [0, 0.1) is 0 Å². The Bertz CT molecular complexity index is 383. The van der Waals surface area contributed by atoms with E-state index in [0.29, 0.717) is 30.0 Å². The van der Waals surface area contributed by atoms with Gasteiger partial charge in [-0.3, -0.25) is 0 Å². The predicted molar refractivity (Wildman–Crippen MR) is 78.5 cm³/mol. The average molecular weight is 267 g/mol. The van der Waals surface area contributed by atoms with Crippen LogP contribution in [0.2, 0.25) is 0 Å². The number of rotatable bonds is 8. The Hall–Kier alpha value is -1.56. The van der Waals surface area contributed by atoms with Crippen LogP contribution in [0.5, 0.6) is 5.88 Å². The average Bonchev–Trinajstić information content (AvgIpc) is 2.37. The second kappa shape index (κ2) is 7.78. The minimum absolute atomic E-state index is 0.290. The number of nitrogen functional groups attached to an aromatic ring is 1. The standard InChI is InChI=1S/C13H25N5O/c1-5-8-19-13-11(14)12(15-9-16-13)17-10(2)6-7-18(3)4/h9-10H,5-8,14H2,1-4H3,(H,15,16,17). The highest BCUT2D eigenvalue weighted by molar-refractivity contribution is 5.66. The van der Waals surface area contributed by atoms with Gasteiger partial charge in [-0.2, -0.15) is 4.98 Å². The third kappa shape index (κ3) is 5.30. The molecule has 6 heteroatoms. The van der Waals surface area contributed by atoms with Crippen LogP contribution < -0.4 is 15.8 Å². The van der Waals surface area contributed by atoms with Gasteiger partial charge in [0.15, 0.2) is 5.82 Å². The maximum Gasteiger partial charge on any atom is 0.242 e. The van der Waals surface area contributed by atoms with Gasteiger partial charge < -0.3 is 20.7 Å². The molecule has 0 radical (unpaired) electrons. The van der Waals surface area contributed by atoms with Crippen LogP contribution in [0.3, 0.4) is 0 Å². The van der Waals surface area contributed by atoms with Crippen molar-refractivity contribution >= 4 is 11.5 Å². The van der Waals surface area contributed by atoms with Crippen molar-refractivity contribution in [3.63, 3.8) is 0 Å². The third-order valence-corrected chi connectivity index (χ3v) is 2.68. The smallest absolute Gasteiger partial charge is 0.242 e. The van der Waals surface area contributed by atoms with E-state index in [9.17, 15) is 0 Å². The van der Waals surface area contributed by atoms with Crippen molar-refractivity contribution in [3.8, 4) is 5.88 Å². The molecule has 0 aliphatic heterocycles. The first kappa shape index (κ1) is 15.5. The molecule has 1 heterocycles. The normalized spacial score (nSPS) is 12.5. The lowest BCUT2D eigenvalue weighted by atomic mass is 10.2. The summed E-state index contributed by atoms with van der Waals surface area (Å²) in [6, 6.07) is 0.290. The second-order valence-electron chi connectivity index (χ2n) is 4.93. The van der Waals surface area contributed by atoms with Gasteiger partial charge in [0.1, 0.15) is 12.0 Å². The number of anilines is 2. The third-order valence-electron chi connectivity index (χ3n) is 2.68. The molecule has 0 amide bonds. The molecule has 1 unspecified atom stereocenters. The molecule has 19 heavy (non-hydrogen) atoms. The van der Waals surface area contributed by atoms with Crippen LogP contribution in [-0.2, 0) is 0 Å². The fourth-order valence-electron chi connectivity index (χ4n) is 1.57. The summed E-state index contributed by atoms with van der Waals surface area (Å²) in [4.78, 5) is 10.4. The van der Waals surface area contributed by atoms with Gasteiger partial charge in [-0.1, -0.05) is 6.92 Å². The molecule has 1 rings (SSSR count). The first-order valence-electron chi connectivity index (χ1n) is 6.69. The van der Waals surface area contributed by atoms with Crippen molar-refractivity contribution in [3.05, 3.63) is 6.33 Å². The fourth-order valence-corrected chi connectivity index (χ4v) is 1.57. The predicted octanol–water partition coefficient (Wildman–Crippen LogP) is 1.60. The Labute approximate surface area is 115 Å². The van der Waals surface area contributed by atoms with Crippen LogP contribution in [0.4, 0.5) is 11.5 Å². The Morgan fingerprint density at radius 3 is 2.79 bits per heavy atom. The highest BCUT2D eigenvalue weighted by Gasteiger charge is 2.11. The first-order valence-corrected chi connectivity index (χ1v) is 6.69. The maximum absolute atomic E-state index is 6.01. The van der Waals surface area contributed by atoms with E-state index in [1.165, 1.54) is 6.33 Å². The lowest BCUT2D eigenvalue weighted by Gasteiger charge is -2.18. The summed E-state index contributed by atoms with van der Waals surface area (Å²) in [7, 11) is 4.12. The van der Waals surface area contributed by atoms with E-state index in [4.69, 9.17) is 10.5 Å². The summed E-state index contributed by atoms with van der Waals surface area (Å²) in [5.74, 6) is 1.10. The second-order valence-corrected chi connectivity index (χ2v) is 4.93. The van der Waals surface area contributed by atoms with Gasteiger partial charge in [0.2, 0.25) is 5.88 Å². The molecule has 0 aliphatic carbocycles. The summed E-state index contributed by atoms with van der Waals surface area (Å²) < 4.78 is 5.48. The number of nitrogens with one attached hydrogen (secondary N) is 1. The van der Waals surface area contributed by atoms with Gasteiger partial charge in [0.25, 0.3) is 0 Å². The number of aromatic nitrogens is 2. The number of hydrogen-bond acceptors (Lipinski definition) is 6. The summed E-state index contributed by atoms with van der Waals surface area (Å²) in [5.41, 5.74) is 6.48. The molecule has 0 spiro atoms. The Kier molecular flexibility index (Phi) is 6.35. The molecular formula is C13H25N5O. The largest absolute Gasteiger partial charge is 0.476 e. The molecule has 6 nitrogen and oxygen atoms in total. The topological polar surface area (TPSA) is 76.3 Å². The number of nitrogens with zero attached hydrogens (tertiary/aromatic N) is 3. The van der Waals surface area contributed by atoms with E-state index in [1.807, 2.05) is 6.92 Å². The summed E-state index contributed by atoms with van der Waals surface area (Å²) in [6.07, 6.45) is 3.41. The van der Waals surface area contributed by atoms with E-state index in [0.717, 1.165) is 19.4 Å². The molecule has 0 aliphatic rings. The van der Waals surface area contributed by atoms with E-state index in [1.54, 1.807) is 0 Å². The van der Waals surface area contributed by atoms with Gasteiger partial charge in [-0.15, -0.1) is 0 Å². The van der Waals surface area contributed by atoms with E-state index < -0.39 is 0 Å². The van der Waals surface area contributed by atoms with Crippen molar-refractivity contribution in [2.45, 2.75) is 32.7 Å². The van der Waals surface area contributed by atoms with E-state index in [-0.39, 0.29) is 0 Å². The molecule has 1 aromatic rings. The van der Waals surface area contributed by atoms with Gasteiger partial charge >= 0.3 is 0 Å². The lowest BCUT2D eigenvalue weighted by Crippen LogP contribution is -2.24. The van der Waals surface area contributed by atoms with Crippen molar-refractivity contribution in [2.75, 3.05) is 38.3 Å². The lowest BCUT2D eigenvalue weighted by molar-refractivity contribution is 0.306. The minimum atomic E-state index is 0.290. The van der Waals surface area contributed by atoms with Crippen LogP contribution in [0.15, 0.2) is 6.33 Å². The number of ether oxygens (including phenoxy) is 1. The number of nitrogens with two attached hydrogens (primary N) is 1. The first-order chi connectivity index (χ1) is 9.04. The molecule has 0 saturated carbocycles. The molecule has 0 bridgehead atoms. The number of hydrogen-bond donors (Lipinski definition) is 2. The quantitative estimate of drug-likeness (QED) is 0.745. The van der Waals surface area contributed by atoms with Crippen LogP contribution >= 0.6 is 0 Å². The summed E-state index contributed by atoms with van der Waals surface area (Å²) in [6.45, 7) is 5.77. The minimum Gasteiger partial charge on any atom is -0.476 e. The molecule has 0 aromatic carbocycles. The van der Waals surface area contributed by atoms with E-state index in [2.05, 4.69) is 41.2 Å². The molecule has 0 fully saturated rings. The van der Waals surface area contributed by atoms with Gasteiger partial charge in [0, 0.05) is 6.04 Å². The Morgan fingerprint density at radius 1 is 1.42 bits per heavy atom. The SMILES string of the molecule is CCCOc1ncnc(NC(C)CCN(C)C)c1N. The maximum atomic E-state index is 6.01. The Balaban J connectivity index is 2.62. The molecule has 3 N–H and O–H groups in total. The van der Waals surface area contributed by atoms with Crippen LogP contribution in [0.1, 0.15) is 26.7 Å². The molecule has 0 saturated heterocycles. The fraction of sp³-hybridized carbons (Fsp3) is 0.692. The van der Waals surface area contributed by atoms with Gasteiger partial charge in [0.05, 0.1) is 6.61 Å². The zero-order valence-electron chi connectivity index (χ0n) is 12.3. The highest BCUT2D eigenvalue weighted by Crippen LogP contribution is 2.25. The zero-order valence-corrected chi connectivity index (χ0v) is 12.3. The molecule has 1 aromatic heterocycles.